The average molecular weight is 272 g/mol. The zero-order valence-electron chi connectivity index (χ0n) is 13.3. The number of hydrogen-bond donors (Lipinski definition) is 0. The van der Waals surface area contributed by atoms with E-state index in [0.717, 1.165) is 18.7 Å². The minimum Gasteiger partial charge on any atom is -0.356 e. The maximum Gasteiger partial charge on any atom is 0.127 e. The summed E-state index contributed by atoms with van der Waals surface area (Å²) in [6.45, 7) is 13.7. The molecule has 1 atom stereocenters. The van der Waals surface area contributed by atoms with Crippen molar-refractivity contribution in [2.24, 2.45) is 4.99 Å². The van der Waals surface area contributed by atoms with E-state index in [1.807, 2.05) is 50.3 Å². The predicted molar refractivity (Wildman–Crippen MR) is 92.0 cm³/mol. The molecule has 0 radical (unpaired) electrons. The number of aliphatic imine (C=N–C) groups is 1. The van der Waals surface area contributed by atoms with Gasteiger partial charge in [-0.15, -0.1) is 0 Å². The second-order valence-electron chi connectivity index (χ2n) is 4.56. The highest BCUT2D eigenvalue weighted by Crippen LogP contribution is 2.19. The molecule has 0 aliphatic heterocycles. The fourth-order valence-electron chi connectivity index (χ4n) is 1.92. The lowest BCUT2D eigenvalue weighted by Gasteiger charge is -2.29. The average Bonchev–Trinajstić information content (AvgIpc) is 2.48. The molecule has 0 rings (SSSR count). The lowest BCUT2D eigenvalue weighted by molar-refractivity contribution is 0.292. The van der Waals surface area contributed by atoms with Crippen molar-refractivity contribution < 1.29 is 0 Å². The van der Waals surface area contributed by atoms with E-state index in [1.165, 1.54) is 5.57 Å². The van der Waals surface area contributed by atoms with Crippen molar-refractivity contribution in [2.45, 2.75) is 39.7 Å². The van der Waals surface area contributed by atoms with Gasteiger partial charge in [-0.1, -0.05) is 50.0 Å². The van der Waals surface area contributed by atoms with Gasteiger partial charge in [0.1, 0.15) is 5.82 Å². The molecule has 20 heavy (non-hydrogen) atoms. The molecule has 1 unspecified atom stereocenters. The molecular weight excluding hydrogens is 244 g/mol. The number of allylic oxidation sites excluding steroid dienone is 7. The van der Waals surface area contributed by atoms with E-state index >= 15 is 0 Å². The van der Waals surface area contributed by atoms with E-state index in [1.54, 1.807) is 0 Å². The van der Waals surface area contributed by atoms with Crippen LogP contribution in [0.5, 0.6) is 0 Å². The summed E-state index contributed by atoms with van der Waals surface area (Å²) in [5.74, 6) is 0.893. The van der Waals surface area contributed by atoms with E-state index in [0.29, 0.717) is 6.04 Å². The first kappa shape index (κ1) is 18.2. The molecule has 0 aromatic rings. The first-order valence-electron chi connectivity index (χ1n) is 7.11. The van der Waals surface area contributed by atoms with E-state index < -0.39 is 0 Å². The van der Waals surface area contributed by atoms with Gasteiger partial charge < -0.3 is 4.90 Å². The maximum atomic E-state index is 4.12. The van der Waals surface area contributed by atoms with Gasteiger partial charge in [-0.05, 0) is 45.1 Å². The minimum atomic E-state index is 0.381. The van der Waals surface area contributed by atoms with E-state index in [9.17, 15) is 0 Å². The molecule has 0 bridgehead atoms. The molecule has 0 aromatic heterocycles. The van der Waals surface area contributed by atoms with Crippen LogP contribution in [0.15, 0.2) is 65.5 Å². The number of rotatable bonds is 9. The van der Waals surface area contributed by atoms with Crippen LogP contribution in [0.3, 0.4) is 0 Å². The second-order valence-corrected chi connectivity index (χ2v) is 4.56. The summed E-state index contributed by atoms with van der Waals surface area (Å²) in [4.78, 5) is 6.30. The third-order valence-corrected chi connectivity index (χ3v) is 3.22. The number of hydrogen-bond acceptors (Lipinski definition) is 2. The van der Waals surface area contributed by atoms with Crippen LogP contribution in [0.25, 0.3) is 0 Å². The summed E-state index contributed by atoms with van der Waals surface area (Å²) >= 11 is 0. The third kappa shape index (κ3) is 6.37. The summed E-state index contributed by atoms with van der Waals surface area (Å²) in [6, 6.07) is 0.381. The Hall–Kier alpha value is -1.83. The zero-order chi connectivity index (χ0) is 15.4. The van der Waals surface area contributed by atoms with Crippen molar-refractivity contribution in [3.63, 3.8) is 0 Å². The molecule has 0 spiro atoms. The Morgan fingerprint density at radius 3 is 2.25 bits per heavy atom. The predicted octanol–water partition coefficient (Wildman–Crippen LogP) is 4.89. The lowest BCUT2D eigenvalue weighted by atomic mass is 10.0. The van der Waals surface area contributed by atoms with Crippen molar-refractivity contribution in [3.8, 4) is 0 Å². The van der Waals surface area contributed by atoms with Crippen LogP contribution in [-0.2, 0) is 0 Å². The molecular formula is C18H28N2. The van der Waals surface area contributed by atoms with Crippen LogP contribution in [0.4, 0.5) is 0 Å². The molecule has 0 saturated heterocycles. The van der Waals surface area contributed by atoms with Gasteiger partial charge >= 0.3 is 0 Å². The Bertz CT molecular complexity index is 411. The van der Waals surface area contributed by atoms with Crippen LogP contribution in [-0.4, -0.2) is 24.7 Å². The Labute approximate surface area is 124 Å². The Kier molecular flexibility index (Phi) is 10.0. The van der Waals surface area contributed by atoms with Crippen molar-refractivity contribution in [3.05, 3.63) is 60.5 Å². The zero-order valence-corrected chi connectivity index (χ0v) is 13.3. The third-order valence-electron chi connectivity index (χ3n) is 3.22. The monoisotopic (exact) mass is 272 g/mol. The van der Waals surface area contributed by atoms with Crippen LogP contribution >= 0.6 is 0 Å². The van der Waals surface area contributed by atoms with Gasteiger partial charge in [-0.3, -0.25) is 0 Å². The normalized spacial score (nSPS) is 14.8. The van der Waals surface area contributed by atoms with Gasteiger partial charge in [0.15, 0.2) is 0 Å². The summed E-state index contributed by atoms with van der Waals surface area (Å²) in [5, 5.41) is 0. The van der Waals surface area contributed by atoms with Crippen molar-refractivity contribution in [1.29, 1.82) is 0 Å². The van der Waals surface area contributed by atoms with E-state index in [4.69, 9.17) is 0 Å². The second kappa shape index (κ2) is 11.0. The van der Waals surface area contributed by atoms with Crippen LogP contribution < -0.4 is 0 Å². The summed E-state index contributed by atoms with van der Waals surface area (Å²) < 4.78 is 0. The first-order valence-corrected chi connectivity index (χ1v) is 7.11. The smallest absolute Gasteiger partial charge is 0.127 e. The largest absolute Gasteiger partial charge is 0.356 e. The van der Waals surface area contributed by atoms with Crippen molar-refractivity contribution in [2.75, 3.05) is 7.05 Å². The molecule has 0 N–H and O–H groups in total. The topological polar surface area (TPSA) is 15.6 Å². The molecule has 0 fully saturated rings. The molecule has 2 nitrogen and oxygen atoms in total. The summed E-state index contributed by atoms with van der Waals surface area (Å²) in [6.07, 6.45) is 16.1. The molecule has 0 aromatic carbocycles. The van der Waals surface area contributed by atoms with E-state index in [-0.39, 0.29) is 0 Å². The lowest BCUT2D eigenvalue weighted by Crippen LogP contribution is -2.30. The van der Waals surface area contributed by atoms with Gasteiger partial charge in [-0.25, -0.2) is 4.99 Å². The molecule has 0 aliphatic carbocycles. The molecule has 2 heteroatoms. The van der Waals surface area contributed by atoms with Gasteiger partial charge in [-0.2, -0.15) is 0 Å². The molecule has 110 valence electrons. The SMILES string of the molecule is C=C/C(=C\C=C/C)CC(CC)N(C)/C(=C/C=C\C)N=C. The standard InChI is InChI=1S/C18H28N2/c1-7-11-13-16(9-3)15-17(10-4)20(6)18(19-5)14-12-8-2/h7-9,11-14,17H,3,5,10,15H2,1-2,4,6H3/b11-7-,12-8-,16-13+,18-14+. The van der Waals surface area contributed by atoms with Gasteiger partial charge in [0.2, 0.25) is 0 Å². The van der Waals surface area contributed by atoms with Crippen LogP contribution in [0.2, 0.25) is 0 Å². The van der Waals surface area contributed by atoms with Crippen molar-refractivity contribution >= 4 is 6.72 Å². The highest BCUT2D eigenvalue weighted by atomic mass is 15.2. The van der Waals surface area contributed by atoms with Gasteiger partial charge in [0, 0.05) is 13.1 Å². The van der Waals surface area contributed by atoms with Crippen LogP contribution in [0.1, 0.15) is 33.6 Å². The highest BCUT2D eigenvalue weighted by Gasteiger charge is 2.15. The van der Waals surface area contributed by atoms with Crippen LogP contribution in [0, 0.1) is 0 Å². The Morgan fingerprint density at radius 1 is 1.20 bits per heavy atom. The maximum absolute atomic E-state index is 4.12. The molecule has 0 heterocycles. The summed E-state index contributed by atoms with van der Waals surface area (Å²) in [7, 11) is 2.06. The number of nitrogens with zero attached hydrogens (tertiary/aromatic N) is 2. The van der Waals surface area contributed by atoms with Gasteiger partial charge in [0.05, 0.1) is 0 Å². The fraction of sp³-hybridized carbons (Fsp3) is 0.389. The molecule has 0 saturated carbocycles. The Morgan fingerprint density at radius 2 is 1.80 bits per heavy atom. The molecule has 0 aliphatic rings. The quantitative estimate of drug-likeness (QED) is 0.431. The fourth-order valence-corrected chi connectivity index (χ4v) is 1.92. The first-order chi connectivity index (χ1) is 9.64. The van der Waals surface area contributed by atoms with E-state index in [2.05, 4.69) is 43.2 Å². The minimum absolute atomic E-state index is 0.381. The highest BCUT2D eigenvalue weighted by molar-refractivity contribution is 5.30. The summed E-state index contributed by atoms with van der Waals surface area (Å²) in [5.41, 5.74) is 1.23. The van der Waals surface area contributed by atoms with Crippen molar-refractivity contribution in [1.82, 2.24) is 4.90 Å². The van der Waals surface area contributed by atoms with Gasteiger partial charge in [0.25, 0.3) is 0 Å². The Balaban J connectivity index is 5.06. The molecule has 0 amide bonds.